The first-order chi connectivity index (χ1) is 7.97. The molecule has 0 saturated heterocycles. The van der Waals surface area contributed by atoms with Gasteiger partial charge in [0.1, 0.15) is 0 Å². The van der Waals surface area contributed by atoms with E-state index in [1.807, 2.05) is 12.1 Å². The minimum atomic E-state index is 0.184. The summed E-state index contributed by atoms with van der Waals surface area (Å²) >= 11 is 7.91. The highest BCUT2D eigenvalue weighted by Crippen LogP contribution is 2.32. The van der Waals surface area contributed by atoms with Crippen molar-refractivity contribution in [2.45, 2.75) is 32.7 Å². The monoisotopic (exact) mass is 267 g/mol. The molecule has 92 valence electrons. The largest absolute Gasteiger partial charge is 0.312 e. The summed E-state index contributed by atoms with van der Waals surface area (Å²) in [5, 5.41) is 7.90. The highest BCUT2D eigenvalue weighted by Gasteiger charge is 2.10. The molecule has 1 aromatic carbocycles. The van der Waals surface area contributed by atoms with Gasteiger partial charge in [-0.1, -0.05) is 23.7 Å². The van der Waals surface area contributed by atoms with E-state index in [0.717, 1.165) is 18.0 Å². The van der Waals surface area contributed by atoms with Crippen LogP contribution in [0.4, 0.5) is 0 Å². The number of thiophene rings is 1. The number of hydrogen-bond donors (Lipinski definition) is 1. The molecule has 0 saturated carbocycles. The topological polar surface area (TPSA) is 12.0 Å². The Kier molecular flexibility index (Phi) is 3.76. The lowest BCUT2D eigenvalue weighted by Crippen LogP contribution is -2.37. The highest BCUT2D eigenvalue weighted by atomic mass is 35.5. The molecule has 0 spiro atoms. The van der Waals surface area contributed by atoms with E-state index in [9.17, 15) is 0 Å². The summed E-state index contributed by atoms with van der Waals surface area (Å²) in [6.07, 6.45) is 1.05. The van der Waals surface area contributed by atoms with Gasteiger partial charge in [-0.3, -0.25) is 0 Å². The van der Waals surface area contributed by atoms with E-state index in [1.165, 1.54) is 15.6 Å². The molecule has 0 radical (unpaired) electrons. The van der Waals surface area contributed by atoms with E-state index < -0.39 is 0 Å². The number of hydrogen-bond acceptors (Lipinski definition) is 2. The van der Waals surface area contributed by atoms with Crippen molar-refractivity contribution < 1.29 is 0 Å². The zero-order valence-corrected chi connectivity index (χ0v) is 12.1. The molecule has 0 amide bonds. The number of benzene rings is 1. The Bertz CT molecular complexity index is 510. The lowest BCUT2D eigenvalue weighted by atomic mass is 10.1. The Hall–Kier alpha value is -0.570. The lowest BCUT2D eigenvalue weighted by Gasteiger charge is -2.20. The summed E-state index contributed by atoms with van der Waals surface area (Å²) < 4.78 is 1.21. The van der Waals surface area contributed by atoms with Crippen molar-refractivity contribution in [1.82, 2.24) is 5.32 Å². The average molecular weight is 268 g/mol. The number of rotatable bonds is 3. The van der Waals surface area contributed by atoms with Gasteiger partial charge >= 0.3 is 0 Å². The van der Waals surface area contributed by atoms with Crippen molar-refractivity contribution in [2.75, 3.05) is 6.54 Å². The quantitative estimate of drug-likeness (QED) is 0.864. The molecule has 1 heterocycles. The third-order valence-electron chi connectivity index (χ3n) is 2.68. The standard InChI is InChI=1S/C14H18ClNS/c1-14(2,3)16-8-7-10-9-17-13-11(10)5-4-6-12(13)15/h4-6,9,16H,7-8H2,1-3H3. The van der Waals surface area contributed by atoms with Crippen LogP contribution in [0.15, 0.2) is 23.6 Å². The van der Waals surface area contributed by atoms with Gasteiger partial charge in [0.05, 0.1) is 9.72 Å². The van der Waals surface area contributed by atoms with E-state index in [-0.39, 0.29) is 5.54 Å². The number of halogens is 1. The maximum absolute atomic E-state index is 6.17. The first kappa shape index (κ1) is 12.9. The van der Waals surface area contributed by atoms with E-state index >= 15 is 0 Å². The summed E-state index contributed by atoms with van der Waals surface area (Å²) in [6.45, 7) is 7.57. The fraction of sp³-hybridized carbons (Fsp3) is 0.429. The molecule has 0 unspecified atom stereocenters. The fourth-order valence-corrected chi connectivity index (χ4v) is 3.16. The predicted octanol–water partition coefficient (Wildman–Crippen LogP) is 4.49. The molecule has 2 rings (SSSR count). The lowest BCUT2D eigenvalue weighted by molar-refractivity contribution is 0.430. The number of nitrogens with one attached hydrogen (secondary N) is 1. The van der Waals surface area contributed by atoms with Crippen LogP contribution in [0.25, 0.3) is 10.1 Å². The van der Waals surface area contributed by atoms with Gasteiger partial charge in [-0.2, -0.15) is 0 Å². The van der Waals surface area contributed by atoms with Gasteiger partial charge in [-0.25, -0.2) is 0 Å². The summed E-state index contributed by atoms with van der Waals surface area (Å²) in [7, 11) is 0. The maximum Gasteiger partial charge on any atom is 0.0584 e. The molecule has 17 heavy (non-hydrogen) atoms. The van der Waals surface area contributed by atoms with Gasteiger partial charge in [-0.05, 0) is 56.1 Å². The average Bonchev–Trinajstić information content (AvgIpc) is 2.61. The SMILES string of the molecule is CC(C)(C)NCCc1csc2c(Cl)cccc12. The van der Waals surface area contributed by atoms with Crippen LogP contribution in [-0.2, 0) is 6.42 Å². The van der Waals surface area contributed by atoms with Gasteiger partial charge in [0.2, 0.25) is 0 Å². The van der Waals surface area contributed by atoms with Crippen molar-refractivity contribution in [1.29, 1.82) is 0 Å². The van der Waals surface area contributed by atoms with Crippen LogP contribution in [0, 0.1) is 0 Å². The van der Waals surface area contributed by atoms with Crippen LogP contribution in [0.1, 0.15) is 26.3 Å². The zero-order valence-electron chi connectivity index (χ0n) is 10.5. The molecule has 0 atom stereocenters. The summed E-state index contributed by atoms with van der Waals surface area (Å²) in [5.41, 5.74) is 1.58. The smallest absolute Gasteiger partial charge is 0.0584 e. The summed E-state index contributed by atoms with van der Waals surface area (Å²) in [6, 6.07) is 6.14. The Balaban J connectivity index is 2.12. The second-order valence-corrected chi connectivity index (χ2v) is 6.59. The molecule has 0 aliphatic carbocycles. The summed E-state index contributed by atoms with van der Waals surface area (Å²) in [5.74, 6) is 0. The maximum atomic E-state index is 6.17. The summed E-state index contributed by atoms with van der Waals surface area (Å²) in [4.78, 5) is 0. The van der Waals surface area contributed by atoms with Crippen molar-refractivity contribution in [3.05, 3.63) is 34.2 Å². The molecule has 1 aromatic heterocycles. The van der Waals surface area contributed by atoms with Crippen molar-refractivity contribution in [3.63, 3.8) is 0 Å². The molecule has 0 fully saturated rings. The molecular formula is C14H18ClNS. The third kappa shape index (κ3) is 3.21. The van der Waals surface area contributed by atoms with Gasteiger partial charge in [0.25, 0.3) is 0 Å². The van der Waals surface area contributed by atoms with Crippen LogP contribution in [0.3, 0.4) is 0 Å². The number of fused-ring (bicyclic) bond motifs is 1. The van der Waals surface area contributed by atoms with E-state index in [0.29, 0.717) is 0 Å². The second kappa shape index (κ2) is 4.97. The molecule has 0 bridgehead atoms. The molecule has 0 aliphatic heterocycles. The fourth-order valence-electron chi connectivity index (χ4n) is 1.84. The van der Waals surface area contributed by atoms with Gasteiger partial charge in [0.15, 0.2) is 0 Å². The first-order valence-corrected chi connectivity index (χ1v) is 7.13. The van der Waals surface area contributed by atoms with E-state index in [1.54, 1.807) is 11.3 Å². The minimum Gasteiger partial charge on any atom is -0.312 e. The normalized spacial score (nSPS) is 12.2. The molecule has 3 heteroatoms. The predicted molar refractivity (Wildman–Crippen MR) is 78.3 cm³/mol. The van der Waals surface area contributed by atoms with Crippen molar-refractivity contribution in [3.8, 4) is 0 Å². The van der Waals surface area contributed by atoms with Gasteiger partial charge < -0.3 is 5.32 Å². The second-order valence-electron chi connectivity index (χ2n) is 5.30. The molecule has 1 nitrogen and oxygen atoms in total. The van der Waals surface area contributed by atoms with Crippen LogP contribution < -0.4 is 5.32 Å². The third-order valence-corrected chi connectivity index (χ3v) is 4.19. The Morgan fingerprint density at radius 2 is 2.06 bits per heavy atom. The Labute approximate surface area is 112 Å². The van der Waals surface area contributed by atoms with Crippen LogP contribution in [0.2, 0.25) is 5.02 Å². The van der Waals surface area contributed by atoms with Crippen molar-refractivity contribution >= 4 is 33.0 Å². The molecular weight excluding hydrogens is 250 g/mol. The van der Waals surface area contributed by atoms with E-state index in [4.69, 9.17) is 11.6 Å². The Morgan fingerprint density at radius 3 is 2.76 bits per heavy atom. The van der Waals surface area contributed by atoms with Crippen LogP contribution in [-0.4, -0.2) is 12.1 Å². The van der Waals surface area contributed by atoms with E-state index in [2.05, 4.69) is 37.5 Å². The van der Waals surface area contributed by atoms with Gasteiger partial charge in [0, 0.05) is 5.54 Å². The minimum absolute atomic E-state index is 0.184. The molecule has 2 aromatic rings. The zero-order chi connectivity index (χ0) is 12.5. The molecule has 1 N–H and O–H groups in total. The van der Waals surface area contributed by atoms with Crippen LogP contribution >= 0.6 is 22.9 Å². The molecule has 0 aliphatic rings. The highest BCUT2D eigenvalue weighted by molar-refractivity contribution is 7.18. The first-order valence-electron chi connectivity index (χ1n) is 5.87. The van der Waals surface area contributed by atoms with Crippen molar-refractivity contribution in [2.24, 2.45) is 0 Å². The Morgan fingerprint density at radius 1 is 1.29 bits per heavy atom. The van der Waals surface area contributed by atoms with Gasteiger partial charge in [-0.15, -0.1) is 11.3 Å². The van der Waals surface area contributed by atoms with Crippen LogP contribution in [0.5, 0.6) is 0 Å².